The topological polar surface area (TPSA) is 63.2 Å². The van der Waals surface area contributed by atoms with E-state index >= 15 is 0 Å². The van der Waals surface area contributed by atoms with Gasteiger partial charge < -0.3 is 23.7 Å². The number of hydrogen-bond donors (Lipinski definition) is 0. The molecule has 132 valence electrons. The molecule has 0 aliphatic carbocycles. The van der Waals surface area contributed by atoms with Gasteiger partial charge in [0, 0.05) is 19.2 Å². The average molecular weight is 344 g/mol. The molecule has 1 aliphatic heterocycles. The van der Waals surface area contributed by atoms with Crippen molar-refractivity contribution in [2.75, 3.05) is 28.4 Å². The molecule has 2 aromatic rings. The summed E-state index contributed by atoms with van der Waals surface area (Å²) < 4.78 is 27.3. The maximum Gasteiger partial charge on any atom is 0.203 e. The molecule has 0 saturated carbocycles. The van der Waals surface area contributed by atoms with Crippen LogP contribution in [-0.2, 0) is 4.74 Å². The van der Waals surface area contributed by atoms with Crippen LogP contribution in [0.5, 0.6) is 23.0 Å². The minimum atomic E-state index is -0.775. The number of hydrogen-bond acceptors (Lipinski definition) is 6. The van der Waals surface area contributed by atoms with E-state index in [-0.39, 0.29) is 5.78 Å². The third kappa shape index (κ3) is 3.00. The van der Waals surface area contributed by atoms with Gasteiger partial charge in [0.1, 0.15) is 28.6 Å². The number of methoxy groups -OCH3 is 4. The molecule has 25 heavy (non-hydrogen) atoms. The van der Waals surface area contributed by atoms with Gasteiger partial charge in [-0.2, -0.15) is 0 Å². The fourth-order valence-corrected chi connectivity index (χ4v) is 2.93. The quantitative estimate of drug-likeness (QED) is 0.831. The van der Waals surface area contributed by atoms with Crippen LogP contribution in [0.25, 0.3) is 0 Å². The summed E-state index contributed by atoms with van der Waals surface area (Å²) >= 11 is 0. The number of fused-ring (bicyclic) bond motifs is 1. The highest BCUT2D eigenvalue weighted by molar-refractivity contribution is 6.06. The smallest absolute Gasteiger partial charge is 0.203 e. The predicted octanol–water partition coefficient (Wildman–Crippen LogP) is 3.04. The van der Waals surface area contributed by atoms with Gasteiger partial charge in [-0.1, -0.05) is 12.1 Å². The van der Waals surface area contributed by atoms with Crippen molar-refractivity contribution in [1.29, 1.82) is 0 Å². The molecule has 0 N–H and O–H groups in total. The Morgan fingerprint density at radius 1 is 0.880 bits per heavy atom. The molecule has 6 nitrogen and oxygen atoms in total. The molecule has 2 aromatic carbocycles. The van der Waals surface area contributed by atoms with E-state index in [1.165, 1.54) is 14.2 Å². The molecular formula is C19H20O6. The molecule has 0 spiro atoms. The fourth-order valence-electron chi connectivity index (χ4n) is 2.93. The summed E-state index contributed by atoms with van der Waals surface area (Å²) in [6.07, 6.45) is -1.35. The molecule has 0 radical (unpaired) electrons. The Bertz CT molecular complexity index is 768. The number of carbonyl (C=O) groups excluding carboxylic acids is 1. The molecule has 0 aromatic heterocycles. The van der Waals surface area contributed by atoms with Gasteiger partial charge in [-0.25, -0.2) is 0 Å². The Balaban J connectivity index is 2.07. The highest BCUT2D eigenvalue weighted by atomic mass is 16.5. The van der Waals surface area contributed by atoms with E-state index in [0.717, 1.165) is 11.3 Å². The van der Waals surface area contributed by atoms with Gasteiger partial charge in [-0.15, -0.1) is 0 Å². The lowest BCUT2D eigenvalue weighted by Gasteiger charge is -2.32. The first kappa shape index (κ1) is 17.1. The predicted molar refractivity (Wildman–Crippen MR) is 91.0 cm³/mol. The Labute approximate surface area is 146 Å². The van der Waals surface area contributed by atoms with E-state index in [1.54, 1.807) is 26.4 Å². The van der Waals surface area contributed by atoms with Crippen LogP contribution >= 0.6 is 0 Å². The number of Topliss-reactive ketones (excluding diaryl/α,β-unsaturated/α-hetero) is 1. The normalized spacial score (nSPS) is 19.0. The van der Waals surface area contributed by atoms with Gasteiger partial charge in [0.2, 0.25) is 5.78 Å². The summed E-state index contributed by atoms with van der Waals surface area (Å²) in [5.74, 6) is 1.89. The summed E-state index contributed by atoms with van der Waals surface area (Å²) in [4.78, 5) is 13.0. The second-order valence-corrected chi connectivity index (χ2v) is 5.53. The number of benzene rings is 2. The van der Waals surface area contributed by atoms with Crippen LogP contribution in [0.1, 0.15) is 22.0 Å². The van der Waals surface area contributed by atoms with Crippen molar-refractivity contribution in [2.24, 2.45) is 0 Å². The van der Waals surface area contributed by atoms with Crippen molar-refractivity contribution in [1.82, 2.24) is 0 Å². The van der Waals surface area contributed by atoms with E-state index in [9.17, 15) is 4.79 Å². The monoisotopic (exact) mass is 344 g/mol. The third-order valence-corrected chi connectivity index (χ3v) is 4.23. The summed E-state index contributed by atoms with van der Waals surface area (Å²) in [5.41, 5.74) is 1.17. The Morgan fingerprint density at radius 3 is 2.12 bits per heavy atom. The average Bonchev–Trinajstić information content (AvgIpc) is 2.66. The van der Waals surface area contributed by atoms with Gasteiger partial charge in [0.15, 0.2) is 12.2 Å². The molecule has 2 atom stereocenters. The third-order valence-electron chi connectivity index (χ3n) is 4.23. The van der Waals surface area contributed by atoms with E-state index in [2.05, 4.69) is 0 Å². The van der Waals surface area contributed by atoms with Crippen molar-refractivity contribution in [3.05, 3.63) is 47.5 Å². The van der Waals surface area contributed by atoms with E-state index in [0.29, 0.717) is 22.8 Å². The summed E-state index contributed by atoms with van der Waals surface area (Å²) in [6, 6.07) is 10.7. The van der Waals surface area contributed by atoms with Gasteiger partial charge in [0.25, 0.3) is 0 Å². The van der Waals surface area contributed by atoms with E-state index in [1.807, 2.05) is 24.3 Å². The van der Waals surface area contributed by atoms with Crippen molar-refractivity contribution in [2.45, 2.75) is 12.2 Å². The van der Waals surface area contributed by atoms with Crippen LogP contribution in [0.15, 0.2) is 36.4 Å². The SMILES string of the molecule is COc1ccc([C@@H]2Oc3cc(OC)cc(OC)c3C(=O)[C@H]2OC)cc1. The molecule has 0 fully saturated rings. The highest BCUT2D eigenvalue weighted by Crippen LogP contribution is 2.43. The Morgan fingerprint density at radius 2 is 1.56 bits per heavy atom. The Hall–Kier alpha value is -2.73. The number of ether oxygens (including phenoxy) is 5. The molecular weight excluding hydrogens is 324 g/mol. The Kier molecular flexibility index (Phi) is 4.81. The minimum absolute atomic E-state index is 0.191. The van der Waals surface area contributed by atoms with Crippen LogP contribution in [0.3, 0.4) is 0 Å². The zero-order valence-corrected chi connectivity index (χ0v) is 14.6. The van der Waals surface area contributed by atoms with Gasteiger partial charge in [-0.05, 0) is 17.7 Å². The van der Waals surface area contributed by atoms with Crippen molar-refractivity contribution in [3.63, 3.8) is 0 Å². The first-order valence-electron chi connectivity index (χ1n) is 7.76. The van der Waals surface area contributed by atoms with Crippen LogP contribution in [0.2, 0.25) is 0 Å². The van der Waals surface area contributed by atoms with E-state index < -0.39 is 12.2 Å². The molecule has 6 heteroatoms. The van der Waals surface area contributed by atoms with Crippen molar-refractivity contribution < 1.29 is 28.5 Å². The molecule has 3 rings (SSSR count). The molecule has 1 aliphatic rings. The zero-order chi connectivity index (χ0) is 18.0. The maximum atomic E-state index is 13.0. The van der Waals surface area contributed by atoms with Crippen LogP contribution in [0.4, 0.5) is 0 Å². The minimum Gasteiger partial charge on any atom is -0.497 e. The van der Waals surface area contributed by atoms with Crippen molar-refractivity contribution in [3.8, 4) is 23.0 Å². The summed E-state index contributed by atoms with van der Waals surface area (Å²) in [7, 11) is 6.14. The first-order chi connectivity index (χ1) is 12.1. The molecule has 0 unspecified atom stereocenters. The van der Waals surface area contributed by atoms with Gasteiger partial charge in [-0.3, -0.25) is 4.79 Å². The van der Waals surface area contributed by atoms with Crippen LogP contribution in [-0.4, -0.2) is 40.3 Å². The van der Waals surface area contributed by atoms with Crippen LogP contribution < -0.4 is 18.9 Å². The number of rotatable bonds is 5. The maximum absolute atomic E-state index is 13.0. The number of carbonyl (C=O) groups is 1. The lowest BCUT2D eigenvalue weighted by molar-refractivity contribution is -0.00111. The van der Waals surface area contributed by atoms with E-state index in [4.69, 9.17) is 23.7 Å². The molecule has 0 amide bonds. The molecule has 0 bridgehead atoms. The molecule has 1 heterocycles. The zero-order valence-electron chi connectivity index (χ0n) is 14.6. The molecule has 0 saturated heterocycles. The van der Waals surface area contributed by atoms with Gasteiger partial charge in [0.05, 0.1) is 21.3 Å². The second-order valence-electron chi connectivity index (χ2n) is 5.53. The summed E-state index contributed by atoms with van der Waals surface area (Å²) in [5, 5.41) is 0. The van der Waals surface area contributed by atoms with Crippen molar-refractivity contribution >= 4 is 5.78 Å². The van der Waals surface area contributed by atoms with Crippen LogP contribution in [0, 0.1) is 0 Å². The first-order valence-corrected chi connectivity index (χ1v) is 7.76. The standard InChI is InChI=1S/C19H20O6/c1-21-12-7-5-11(6-8-12)18-19(24-4)17(20)16-14(23-3)9-13(22-2)10-15(16)25-18/h5-10,18-19H,1-4H3/t18-,19+/m0/s1. The van der Waals surface area contributed by atoms with Gasteiger partial charge >= 0.3 is 0 Å². The lowest BCUT2D eigenvalue weighted by atomic mass is 9.92. The number of ketones is 1. The second kappa shape index (κ2) is 7.03. The summed E-state index contributed by atoms with van der Waals surface area (Å²) in [6.45, 7) is 0. The largest absolute Gasteiger partial charge is 0.497 e. The fraction of sp³-hybridized carbons (Fsp3) is 0.316. The highest BCUT2D eigenvalue weighted by Gasteiger charge is 2.40. The lowest BCUT2D eigenvalue weighted by Crippen LogP contribution is -2.38.